The fourth-order valence-corrected chi connectivity index (χ4v) is 4.40. The Bertz CT molecular complexity index is 1500. The quantitative estimate of drug-likeness (QED) is 0.0675. The third kappa shape index (κ3) is 4.11. The smallest absolute Gasteiger partial charge is 0.350 e. The van der Waals surface area contributed by atoms with E-state index in [9.17, 15) is 34.6 Å². The number of nitro benzene ring substituents is 2. The van der Waals surface area contributed by atoms with Gasteiger partial charge in [0.1, 0.15) is 11.3 Å². The molecule has 0 aliphatic carbocycles. The van der Waals surface area contributed by atoms with Crippen LogP contribution in [0.25, 0.3) is 0 Å². The van der Waals surface area contributed by atoms with Gasteiger partial charge in [-0.3, -0.25) is 29.8 Å². The topological polar surface area (TPSA) is 150 Å². The van der Waals surface area contributed by atoms with Crippen molar-refractivity contribution in [2.24, 2.45) is 0 Å². The second-order valence-corrected chi connectivity index (χ2v) is 8.57. The zero-order valence-corrected chi connectivity index (χ0v) is 20.2. The average molecular weight is 571 g/mol. The Hall–Kier alpha value is -3.77. The summed E-state index contributed by atoms with van der Waals surface area (Å²) in [4.78, 5) is 59.8. The highest BCUT2D eigenvalue weighted by Crippen LogP contribution is 2.46. The van der Waals surface area contributed by atoms with Crippen molar-refractivity contribution in [3.63, 3.8) is 0 Å². The number of rotatable bonds is 5. The third-order valence-corrected chi connectivity index (χ3v) is 6.80. The molecule has 0 N–H and O–H groups in total. The van der Waals surface area contributed by atoms with Crippen LogP contribution in [0.4, 0.5) is 17.1 Å². The van der Waals surface area contributed by atoms with Crippen molar-refractivity contribution in [2.45, 2.75) is 0 Å². The number of fused-ring (bicyclic) bond motifs is 1. The first-order valence-electron chi connectivity index (χ1n) is 9.43. The number of non-ortho nitro benzene ring substituents is 1. The Kier molecular flexibility index (Phi) is 6.58. The fourth-order valence-electron chi connectivity index (χ4n) is 3.39. The molecule has 0 spiro atoms. The molecule has 15 heteroatoms. The van der Waals surface area contributed by atoms with E-state index in [2.05, 4.69) is 0 Å². The summed E-state index contributed by atoms with van der Waals surface area (Å²) in [6.07, 6.45) is 0. The average Bonchev–Trinajstić information content (AvgIpc) is 3.10. The predicted octanol–water partition coefficient (Wildman–Crippen LogP) is 6.14. The number of imide groups is 1. The Labute approximate surface area is 220 Å². The maximum absolute atomic E-state index is 13.0. The van der Waals surface area contributed by atoms with Gasteiger partial charge in [-0.25, -0.2) is 9.69 Å². The summed E-state index contributed by atoms with van der Waals surface area (Å²) < 4.78 is 5.17. The van der Waals surface area contributed by atoms with Crippen LogP contribution in [-0.2, 0) is 0 Å². The molecular weight excluding hydrogens is 564 g/mol. The number of hydrogen-bond donors (Lipinski definition) is 0. The van der Waals surface area contributed by atoms with Crippen LogP contribution in [-0.4, -0.2) is 27.6 Å². The minimum atomic E-state index is -1.21. The predicted molar refractivity (Wildman–Crippen MR) is 129 cm³/mol. The minimum Gasteiger partial charge on any atom is -0.423 e. The number of esters is 1. The highest BCUT2D eigenvalue weighted by Gasteiger charge is 2.42. The van der Waals surface area contributed by atoms with Crippen LogP contribution >= 0.6 is 46.4 Å². The lowest BCUT2D eigenvalue weighted by atomic mass is 10.1. The Morgan fingerprint density at radius 2 is 1.39 bits per heavy atom. The second kappa shape index (κ2) is 9.36. The van der Waals surface area contributed by atoms with Crippen molar-refractivity contribution in [1.29, 1.82) is 0 Å². The summed E-state index contributed by atoms with van der Waals surface area (Å²) in [5.41, 5.74) is -2.56. The molecule has 2 amide bonds. The van der Waals surface area contributed by atoms with E-state index in [0.29, 0.717) is 11.0 Å². The lowest BCUT2D eigenvalue weighted by Crippen LogP contribution is -2.29. The van der Waals surface area contributed by atoms with E-state index >= 15 is 0 Å². The molecule has 3 aromatic rings. The summed E-state index contributed by atoms with van der Waals surface area (Å²) in [5, 5.41) is 21.3. The van der Waals surface area contributed by atoms with Crippen molar-refractivity contribution >= 4 is 81.2 Å². The van der Waals surface area contributed by atoms with Crippen LogP contribution in [0.15, 0.2) is 42.5 Å². The van der Waals surface area contributed by atoms with Crippen LogP contribution in [0.3, 0.4) is 0 Å². The number of anilines is 1. The lowest BCUT2D eigenvalue weighted by molar-refractivity contribution is -0.394. The molecule has 0 bridgehead atoms. The molecule has 0 atom stereocenters. The number of nitrogens with zero attached hydrogens (tertiary/aromatic N) is 3. The standard InChI is InChI=1S/C21H7Cl4N3O8/c22-15-13-14(16(23)18(25)17(15)24)20(30)26(19(13)29)8-2-1-3-10(6-8)36-21(31)11-5-4-9(27(32)33)7-12(11)28(34)35/h1-7H. The summed E-state index contributed by atoms with van der Waals surface area (Å²) in [7, 11) is 0. The van der Waals surface area contributed by atoms with E-state index in [-0.39, 0.29) is 42.7 Å². The van der Waals surface area contributed by atoms with E-state index in [4.69, 9.17) is 51.1 Å². The monoisotopic (exact) mass is 569 g/mol. The van der Waals surface area contributed by atoms with Crippen LogP contribution in [0.1, 0.15) is 31.1 Å². The molecule has 1 aliphatic heterocycles. The van der Waals surface area contributed by atoms with Gasteiger partial charge in [0.2, 0.25) is 0 Å². The van der Waals surface area contributed by atoms with Crippen molar-refractivity contribution in [3.05, 3.63) is 99.5 Å². The molecule has 0 saturated heterocycles. The molecule has 0 radical (unpaired) electrons. The molecule has 0 saturated carbocycles. The van der Waals surface area contributed by atoms with Crippen LogP contribution in [0, 0.1) is 20.2 Å². The molecular formula is C21H7Cl4N3O8. The van der Waals surface area contributed by atoms with Gasteiger partial charge >= 0.3 is 5.97 Å². The molecule has 11 nitrogen and oxygen atoms in total. The van der Waals surface area contributed by atoms with Gasteiger partial charge in [0, 0.05) is 12.1 Å². The van der Waals surface area contributed by atoms with E-state index in [1.807, 2.05) is 0 Å². The van der Waals surface area contributed by atoms with Crippen molar-refractivity contribution in [1.82, 2.24) is 0 Å². The van der Waals surface area contributed by atoms with E-state index in [0.717, 1.165) is 18.2 Å². The van der Waals surface area contributed by atoms with E-state index in [1.54, 1.807) is 0 Å². The Morgan fingerprint density at radius 1 is 0.806 bits per heavy atom. The van der Waals surface area contributed by atoms with Crippen LogP contribution < -0.4 is 9.64 Å². The third-order valence-electron chi connectivity index (χ3n) is 5.00. The van der Waals surface area contributed by atoms with Gasteiger partial charge in [-0.1, -0.05) is 52.5 Å². The lowest BCUT2D eigenvalue weighted by Gasteiger charge is -2.15. The first-order chi connectivity index (χ1) is 16.9. The number of hydrogen-bond acceptors (Lipinski definition) is 8. The van der Waals surface area contributed by atoms with Crippen LogP contribution in [0.2, 0.25) is 20.1 Å². The molecule has 0 aromatic heterocycles. The van der Waals surface area contributed by atoms with Gasteiger partial charge in [0.05, 0.1) is 52.8 Å². The number of carbonyl (C=O) groups is 3. The molecule has 0 unspecified atom stereocenters. The first kappa shape index (κ1) is 25.3. The van der Waals surface area contributed by atoms with Gasteiger partial charge in [-0.2, -0.15) is 0 Å². The van der Waals surface area contributed by atoms with Crippen molar-refractivity contribution in [2.75, 3.05) is 4.90 Å². The molecule has 182 valence electrons. The number of carbonyl (C=O) groups excluding carboxylic acids is 3. The summed E-state index contributed by atoms with van der Waals surface area (Å²) in [5.74, 6) is -3.14. The Morgan fingerprint density at radius 3 is 1.92 bits per heavy atom. The summed E-state index contributed by atoms with van der Waals surface area (Å²) in [6, 6.07) is 7.52. The molecule has 0 fully saturated rings. The summed E-state index contributed by atoms with van der Waals surface area (Å²) in [6.45, 7) is 0. The molecule has 1 heterocycles. The largest absolute Gasteiger partial charge is 0.423 e. The van der Waals surface area contributed by atoms with Gasteiger partial charge in [0.15, 0.2) is 0 Å². The number of nitro groups is 2. The maximum atomic E-state index is 13.0. The molecule has 3 aromatic carbocycles. The van der Waals surface area contributed by atoms with E-state index in [1.165, 1.54) is 18.2 Å². The van der Waals surface area contributed by atoms with Gasteiger partial charge in [-0.15, -0.1) is 0 Å². The van der Waals surface area contributed by atoms with Gasteiger partial charge in [0.25, 0.3) is 23.2 Å². The van der Waals surface area contributed by atoms with Crippen molar-refractivity contribution in [3.8, 4) is 5.75 Å². The zero-order valence-electron chi connectivity index (χ0n) is 17.2. The zero-order chi connectivity index (χ0) is 26.5. The van der Waals surface area contributed by atoms with Gasteiger partial charge in [-0.05, 0) is 18.2 Å². The number of benzene rings is 3. The van der Waals surface area contributed by atoms with Crippen LogP contribution in [0.5, 0.6) is 5.75 Å². The summed E-state index contributed by atoms with van der Waals surface area (Å²) >= 11 is 24.3. The fraction of sp³-hybridized carbons (Fsp3) is 0. The van der Waals surface area contributed by atoms with Gasteiger partial charge < -0.3 is 4.74 Å². The molecule has 1 aliphatic rings. The number of amides is 2. The molecule has 4 rings (SSSR count). The number of ether oxygens (including phenoxy) is 1. The molecule has 36 heavy (non-hydrogen) atoms. The number of halogens is 4. The highest BCUT2D eigenvalue weighted by atomic mass is 35.5. The highest BCUT2D eigenvalue weighted by molar-refractivity contribution is 6.56. The minimum absolute atomic E-state index is 0.0518. The Balaban J connectivity index is 1.68. The first-order valence-corrected chi connectivity index (χ1v) is 10.9. The second-order valence-electron chi connectivity index (χ2n) is 7.05. The van der Waals surface area contributed by atoms with Crippen molar-refractivity contribution < 1.29 is 29.0 Å². The van der Waals surface area contributed by atoms with E-state index < -0.39 is 44.6 Å². The maximum Gasteiger partial charge on any atom is 0.350 e. The normalized spacial score (nSPS) is 12.5. The SMILES string of the molecule is O=C(Oc1cccc(N2C(=O)c3c(Cl)c(Cl)c(Cl)c(Cl)c3C2=O)c1)c1ccc([N+](=O)[O-])cc1[N+](=O)[O-].